The Morgan fingerprint density at radius 1 is 1.67 bits per heavy atom. The second-order valence-electron chi connectivity index (χ2n) is 2.79. The number of aromatic nitrogens is 2. The Bertz CT molecular complexity index is 276. The van der Waals surface area contributed by atoms with Crippen molar-refractivity contribution in [2.24, 2.45) is 0 Å². The highest BCUT2D eigenvalue weighted by molar-refractivity contribution is 14.1. The predicted molar refractivity (Wildman–Crippen MR) is 50.8 cm³/mol. The van der Waals surface area contributed by atoms with E-state index in [1.54, 1.807) is 4.68 Å². The molecule has 0 spiro atoms. The first kappa shape index (κ1) is 8.46. The van der Waals surface area contributed by atoms with Crippen LogP contribution in [0.5, 0.6) is 0 Å². The van der Waals surface area contributed by atoms with Crippen molar-refractivity contribution in [3.05, 3.63) is 16.0 Å². The Morgan fingerprint density at radius 2 is 2.50 bits per heavy atom. The zero-order valence-electron chi connectivity index (χ0n) is 6.35. The summed E-state index contributed by atoms with van der Waals surface area (Å²) in [6.07, 6.45) is 1.45. The van der Waals surface area contributed by atoms with Gasteiger partial charge in [-0.15, -0.1) is 0 Å². The Kier molecular flexibility index (Phi) is 2.33. The molecule has 1 aliphatic heterocycles. The van der Waals surface area contributed by atoms with Crippen molar-refractivity contribution in [3.8, 4) is 0 Å². The van der Waals surface area contributed by atoms with Crippen LogP contribution >= 0.6 is 22.6 Å². The molecule has 0 bridgehead atoms. The molecule has 1 aliphatic rings. The summed E-state index contributed by atoms with van der Waals surface area (Å²) >= 11 is 2.14. The van der Waals surface area contributed by atoms with E-state index in [0.717, 1.165) is 3.70 Å². The molecule has 1 saturated heterocycles. The molecular formula is C7H9IN2O2. The summed E-state index contributed by atoms with van der Waals surface area (Å²) < 4.78 is 7.82. The highest BCUT2D eigenvalue weighted by Gasteiger charge is 2.28. The Labute approximate surface area is 83.7 Å². The molecule has 0 saturated carbocycles. The maximum atomic E-state index is 9.46. The number of nitrogens with zero attached hydrogens (tertiary/aromatic N) is 2. The van der Waals surface area contributed by atoms with E-state index in [4.69, 9.17) is 4.74 Å². The fraction of sp³-hybridized carbons (Fsp3) is 0.571. The lowest BCUT2D eigenvalue weighted by molar-refractivity contribution is 0.118. The minimum atomic E-state index is -0.416. The van der Waals surface area contributed by atoms with E-state index in [0.29, 0.717) is 13.2 Å². The zero-order chi connectivity index (χ0) is 8.55. The molecule has 0 unspecified atom stereocenters. The molecule has 1 aromatic heterocycles. The Hall–Kier alpha value is -0.140. The van der Waals surface area contributed by atoms with E-state index < -0.39 is 6.10 Å². The van der Waals surface area contributed by atoms with Crippen molar-refractivity contribution in [2.75, 3.05) is 13.2 Å². The molecule has 2 rings (SSSR count). The van der Waals surface area contributed by atoms with Gasteiger partial charge in [-0.05, 0) is 28.7 Å². The van der Waals surface area contributed by atoms with Crippen LogP contribution < -0.4 is 0 Å². The first-order valence-electron chi connectivity index (χ1n) is 3.74. The van der Waals surface area contributed by atoms with Crippen molar-refractivity contribution in [2.45, 2.75) is 12.1 Å². The minimum Gasteiger partial charge on any atom is -0.388 e. The maximum absolute atomic E-state index is 9.46. The summed E-state index contributed by atoms with van der Waals surface area (Å²) in [7, 11) is 0. The van der Waals surface area contributed by atoms with Crippen LogP contribution in [-0.2, 0) is 4.74 Å². The molecule has 1 aromatic rings. The predicted octanol–water partition coefficient (Wildman–Crippen LogP) is 0.420. The first-order chi connectivity index (χ1) is 5.77. The third-order valence-corrected chi connectivity index (χ3v) is 2.51. The quantitative estimate of drug-likeness (QED) is 0.758. The van der Waals surface area contributed by atoms with E-state index in [2.05, 4.69) is 27.7 Å². The Morgan fingerprint density at radius 3 is 3.00 bits per heavy atom. The third kappa shape index (κ3) is 1.48. The van der Waals surface area contributed by atoms with Gasteiger partial charge in [-0.1, -0.05) is 0 Å². The SMILES string of the molecule is O[C@H]1COC[C@@H]1n1ccc(I)n1. The average Bonchev–Trinajstić information content (AvgIpc) is 2.58. The lowest BCUT2D eigenvalue weighted by Gasteiger charge is -2.11. The minimum absolute atomic E-state index is 0.00600. The molecule has 2 heterocycles. The van der Waals surface area contributed by atoms with Crippen molar-refractivity contribution >= 4 is 22.6 Å². The largest absolute Gasteiger partial charge is 0.388 e. The molecule has 0 aliphatic carbocycles. The van der Waals surface area contributed by atoms with E-state index in [1.165, 1.54) is 0 Å². The smallest absolute Gasteiger partial charge is 0.123 e. The van der Waals surface area contributed by atoms with E-state index in [9.17, 15) is 5.11 Å². The molecule has 4 nitrogen and oxygen atoms in total. The Balaban J connectivity index is 2.19. The van der Waals surface area contributed by atoms with Gasteiger partial charge in [-0.3, -0.25) is 4.68 Å². The van der Waals surface area contributed by atoms with Crippen LogP contribution in [0.15, 0.2) is 12.3 Å². The maximum Gasteiger partial charge on any atom is 0.123 e. The summed E-state index contributed by atoms with van der Waals surface area (Å²) in [5, 5.41) is 13.7. The number of aliphatic hydroxyl groups excluding tert-OH is 1. The van der Waals surface area contributed by atoms with Crippen molar-refractivity contribution in [3.63, 3.8) is 0 Å². The normalized spacial score (nSPS) is 29.5. The second kappa shape index (κ2) is 3.31. The number of halogens is 1. The number of hydrogen-bond acceptors (Lipinski definition) is 3. The molecular weight excluding hydrogens is 271 g/mol. The van der Waals surface area contributed by atoms with Gasteiger partial charge in [0.25, 0.3) is 0 Å². The summed E-state index contributed by atoms with van der Waals surface area (Å²) in [6.45, 7) is 0.972. The van der Waals surface area contributed by atoms with Crippen LogP contribution in [-0.4, -0.2) is 34.2 Å². The molecule has 12 heavy (non-hydrogen) atoms. The van der Waals surface area contributed by atoms with Gasteiger partial charge in [0, 0.05) is 6.20 Å². The van der Waals surface area contributed by atoms with Gasteiger partial charge in [0.05, 0.1) is 13.2 Å². The van der Waals surface area contributed by atoms with Crippen LogP contribution in [0.1, 0.15) is 6.04 Å². The molecule has 2 atom stereocenters. The monoisotopic (exact) mass is 280 g/mol. The lowest BCUT2D eigenvalue weighted by atomic mass is 10.2. The summed E-state index contributed by atoms with van der Waals surface area (Å²) in [6, 6.07) is 1.90. The fourth-order valence-corrected chi connectivity index (χ4v) is 1.69. The summed E-state index contributed by atoms with van der Waals surface area (Å²) in [5.41, 5.74) is 0. The fourth-order valence-electron chi connectivity index (χ4n) is 1.28. The summed E-state index contributed by atoms with van der Waals surface area (Å²) in [4.78, 5) is 0. The van der Waals surface area contributed by atoms with Crippen LogP contribution in [0, 0.1) is 3.70 Å². The number of ether oxygens (including phenoxy) is 1. The van der Waals surface area contributed by atoms with Gasteiger partial charge in [0.15, 0.2) is 0 Å². The summed E-state index contributed by atoms with van der Waals surface area (Å²) in [5.74, 6) is 0. The van der Waals surface area contributed by atoms with E-state index >= 15 is 0 Å². The van der Waals surface area contributed by atoms with Crippen molar-refractivity contribution in [1.82, 2.24) is 9.78 Å². The zero-order valence-corrected chi connectivity index (χ0v) is 8.51. The van der Waals surface area contributed by atoms with E-state index in [-0.39, 0.29) is 6.04 Å². The van der Waals surface area contributed by atoms with Gasteiger partial charge >= 0.3 is 0 Å². The van der Waals surface area contributed by atoms with Crippen LogP contribution in [0.25, 0.3) is 0 Å². The average molecular weight is 280 g/mol. The van der Waals surface area contributed by atoms with Crippen molar-refractivity contribution < 1.29 is 9.84 Å². The molecule has 0 amide bonds. The van der Waals surface area contributed by atoms with Gasteiger partial charge < -0.3 is 9.84 Å². The van der Waals surface area contributed by atoms with Gasteiger partial charge in [-0.25, -0.2) is 0 Å². The van der Waals surface area contributed by atoms with Gasteiger partial charge in [0.2, 0.25) is 0 Å². The molecule has 0 radical (unpaired) electrons. The highest BCUT2D eigenvalue weighted by atomic mass is 127. The molecule has 0 aromatic carbocycles. The first-order valence-corrected chi connectivity index (χ1v) is 4.82. The van der Waals surface area contributed by atoms with Crippen LogP contribution in [0.3, 0.4) is 0 Å². The molecule has 1 fully saturated rings. The van der Waals surface area contributed by atoms with E-state index in [1.807, 2.05) is 12.3 Å². The van der Waals surface area contributed by atoms with Gasteiger partial charge in [0.1, 0.15) is 15.8 Å². The van der Waals surface area contributed by atoms with Crippen LogP contribution in [0.4, 0.5) is 0 Å². The molecule has 5 heteroatoms. The third-order valence-electron chi connectivity index (χ3n) is 1.94. The number of aliphatic hydroxyl groups is 1. The van der Waals surface area contributed by atoms with Crippen molar-refractivity contribution in [1.29, 1.82) is 0 Å². The standard InChI is InChI=1S/C7H9IN2O2/c8-7-1-2-10(9-7)5-3-12-4-6(5)11/h1-2,5-6,11H,3-4H2/t5-,6-/m0/s1. The second-order valence-corrected chi connectivity index (χ2v) is 3.90. The number of hydrogen-bond donors (Lipinski definition) is 1. The molecule has 66 valence electrons. The van der Waals surface area contributed by atoms with Gasteiger partial charge in [-0.2, -0.15) is 5.10 Å². The topological polar surface area (TPSA) is 47.3 Å². The lowest BCUT2D eigenvalue weighted by Crippen LogP contribution is -2.22. The number of rotatable bonds is 1. The van der Waals surface area contributed by atoms with Crippen LogP contribution in [0.2, 0.25) is 0 Å². The highest BCUT2D eigenvalue weighted by Crippen LogP contribution is 2.18. The molecule has 1 N–H and O–H groups in total.